The highest BCUT2D eigenvalue weighted by molar-refractivity contribution is 6.42. The second-order valence-corrected chi connectivity index (χ2v) is 4.27. The molecular weight excluding hydrogens is 247 g/mol. The highest BCUT2D eigenvalue weighted by Gasteiger charge is 2.02. The third kappa shape index (κ3) is 2.55. The fourth-order valence-electron chi connectivity index (χ4n) is 1.40. The lowest BCUT2D eigenvalue weighted by molar-refractivity contribution is 0.281. The first-order valence-electron chi connectivity index (χ1n) is 4.75. The van der Waals surface area contributed by atoms with Crippen LogP contribution in [0.25, 0.3) is 0 Å². The summed E-state index contributed by atoms with van der Waals surface area (Å²) in [6.07, 6.45) is 3.43. The SMILES string of the molecule is OCc1cnn(Cc2ccc(Cl)c(Cl)c2)c1. The van der Waals surface area contributed by atoms with Gasteiger partial charge in [0.25, 0.3) is 0 Å². The quantitative estimate of drug-likeness (QED) is 0.918. The maximum Gasteiger partial charge on any atom is 0.0712 e. The first-order chi connectivity index (χ1) is 7.69. The molecule has 0 aliphatic heterocycles. The highest BCUT2D eigenvalue weighted by atomic mass is 35.5. The molecule has 3 nitrogen and oxygen atoms in total. The van der Waals surface area contributed by atoms with Crippen LogP contribution in [0.5, 0.6) is 0 Å². The summed E-state index contributed by atoms with van der Waals surface area (Å²) in [7, 11) is 0. The van der Waals surface area contributed by atoms with Crippen LogP contribution in [0.4, 0.5) is 0 Å². The summed E-state index contributed by atoms with van der Waals surface area (Å²) >= 11 is 11.7. The van der Waals surface area contributed by atoms with E-state index in [1.54, 1.807) is 23.1 Å². The van der Waals surface area contributed by atoms with Crippen LogP contribution in [0.2, 0.25) is 10.0 Å². The number of hydrogen-bond acceptors (Lipinski definition) is 2. The van der Waals surface area contributed by atoms with Crippen molar-refractivity contribution < 1.29 is 5.11 Å². The van der Waals surface area contributed by atoms with Crippen molar-refractivity contribution in [1.82, 2.24) is 9.78 Å². The minimum atomic E-state index is 0.00136. The van der Waals surface area contributed by atoms with E-state index in [4.69, 9.17) is 28.3 Å². The Hall–Kier alpha value is -1.03. The van der Waals surface area contributed by atoms with Gasteiger partial charge in [-0.2, -0.15) is 5.10 Å². The van der Waals surface area contributed by atoms with Crippen molar-refractivity contribution in [2.45, 2.75) is 13.2 Å². The number of hydrogen-bond donors (Lipinski definition) is 1. The molecule has 0 aliphatic carbocycles. The average molecular weight is 257 g/mol. The van der Waals surface area contributed by atoms with Crippen LogP contribution in [-0.4, -0.2) is 14.9 Å². The van der Waals surface area contributed by atoms with Crippen molar-refractivity contribution >= 4 is 23.2 Å². The van der Waals surface area contributed by atoms with E-state index in [1.807, 2.05) is 12.1 Å². The first-order valence-corrected chi connectivity index (χ1v) is 5.51. The Kier molecular flexibility index (Phi) is 3.49. The summed E-state index contributed by atoms with van der Waals surface area (Å²) in [5, 5.41) is 14.1. The molecule has 0 saturated heterocycles. The van der Waals surface area contributed by atoms with Gasteiger partial charge in [-0.05, 0) is 17.7 Å². The third-order valence-electron chi connectivity index (χ3n) is 2.20. The van der Waals surface area contributed by atoms with Gasteiger partial charge in [-0.3, -0.25) is 4.68 Å². The summed E-state index contributed by atoms with van der Waals surface area (Å²) < 4.78 is 1.74. The lowest BCUT2D eigenvalue weighted by Gasteiger charge is -2.03. The average Bonchev–Trinajstić information content (AvgIpc) is 2.71. The van der Waals surface area contributed by atoms with Crippen molar-refractivity contribution in [3.8, 4) is 0 Å². The van der Waals surface area contributed by atoms with Gasteiger partial charge in [-0.15, -0.1) is 0 Å². The van der Waals surface area contributed by atoms with Gasteiger partial charge >= 0.3 is 0 Å². The Balaban J connectivity index is 2.17. The largest absolute Gasteiger partial charge is 0.392 e. The molecule has 1 heterocycles. The summed E-state index contributed by atoms with van der Waals surface area (Å²) in [5.41, 5.74) is 1.81. The van der Waals surface area contributed by atoms with Gasteiger partial charge in [0, 0.05) is 11.8 Å². The van der Waals surface area contributed by atoms with Crippen molar-refractivity contribution in [2.75, 3.05) is 0 Å². The molecule has 0 bridgehead atoms. The molecule has 2 aromatic rings. The van der Waals surface area contributed by atoms with E-state index in [1.165, 1.54) is 0 Å². The van der Waals surface area contributed by atoms with E-state index in [-0.39, 0.29) is 6.61 Å². The smallest absolute Gasteiger partial charge is 0.0712 e. The van der Waals surface area contributed by atoms with Gasteiger partial charge in [0.15, 0.2) is 0 Å². The zero-order chi connectivity index (χ0) is 11.5. The minimum Gasteiger partial charge on any atom is -0.392 e. The van der Waals surface area contributed by atoms with Crippen molar-refractivity contribution in [2.24, 2.45) is 0 Å². The number of nitrogens with zero attached hydrogens (tertiary/aromatic N) is 2. The Labute approximate surface area is 103 Å². The minimum absolute atomic E-state index is 0.00136. The van der Waals surface area contributed by atoms with Crippen LogP contribution in [0.1, 0.15) is 11.1 Å². The van der Waals surface area contributed by atoms with E-state index < -0.39 is 0 Å². The molecular formula is C11H10Cl2N2O. The molecule has 1 aromatic heterocycles. The van der Waals surface area contributed by atoms with Gasteiger partial charge in [0.05, 0.1) is 29.4 Å². The summed E-state index contributed by atoms with van der Waals surface area (Å²) in [6, 6.07) is 5.47. The highest BCUT2D eigenvalue weighted by Crippen LogP contribution is 2.22. The Morgan fingerprint density at radius 3 is 2.62 bits per heavy atom. The van der Waals surface area contributed by atoms with Crippen molar-refractivity contribution in [1.29, 1.82) is 0 Å². The van der Waals surface area contributed by atoms with Crippen LogP contribution in [0, 0.1) is 0 Å². The fraction of sp³-hybridized carbons (Fsp3) is 0.182. The number of aliphatic hydroxyl groups excluding tert-OH is 1. The second kappa shape index (κ2) is 4.87. The molecule has 0 radical (unpaired) electrons. The van der Waals surface area contributed by atoms with Crippen LogP contribution in [-0.2, 0) is 13.2 Å². The van der Waals surface area contributed by atoms with Gasteiger partial charge in [-0.1, -0.05) is 29.3 Å². The number of halogens is 2. The molecule has 1 N–H and O–H groups in total. The third-order valence-corrected chi connectivity index (χ3v) is 2.94. The number of benzene rings is 1. The Morgan fingerprint density at radius 2 is 2.00 bits per heavy atom. The topological polar surface area (TPSA) is 38.1 Å². The number of aromatic nitrogens is 2. The maximum atomic E-state index is 8.91. The molecule has 0 fully saturated rings. The van der Waals surface area contributed by atoms with Crippen LogP contribution >= 0.6 is 23.2 Å². The van der Waals surface area contributed by atoms with E-state index in [0.717, 1.165) is 11.1 Å². The summed E-state index contributed by atoms with van der Waals surface area (Å²) in [6.45, 7) is 0.609. The molecule has 1 aromatic carbocycles. The molecule has 0 aliphatic rings. The van der Waals surface area contributed by atoms with Gasteiger partial charge < -0.3 is 5.11 Å². The number of aliphatic hydroxyl groups is 1. The monoisotopic (exact) mass is 256 g/mol. The summed E-state index contributed by atoms with van der Waals surface area (Å²) in [5.74, 6) is 0. The standard InChI is InChI=1S/C11H10Cl2N2O/c12-10-2-1-8(3-11(10)13)5-15-6-9(7-16)4-14-15/h1-4,6,16H,5,7H2. The van der Waals surface area contributed by atoms with E-state index in [2.05, 4.69) is 5.10 Å². The zero-order valence-corrected chi connectivity index (χ0v) is 9.91. The second-order valence-electron chi connectivity index (χ2n) is 3.45. The van der Waals surface area contributed by atoms with Crippen LogP contribution in [0.15, 0.2) is 30.6 Å². The Bertz CT molecular complexity index is 496. The Morgan fingerprint density at radius 1 is 1.19 bits per heavy atom. The molecule has 16 heavy (non-hydrogen) atoms. The van der Waals surface area contributed by atoms with E-state index in [0.29, 0.717) is 16.6 Å². The van der Waals surface area contributed by atoms with E-state index in [9.17, 15) is 0 Å². The summed E-state index contributed by atoms with van der Waals surface area (Å²) in [4.78, 5) is 0. The molecule has 2 rings (SSSR count). The van der Waals surface area contributed by atoms with Crippen molar-refractivity contribution in [3.05, 3.63) is 51.8 Å². The molecule has 0 unspecified atom stereocenters. The van der Waals surface area contributed by atoms with E-state index >= 15 is 0 Å². The van der Waals surface area contributed by atoms with Crippen molar-refractivity contribution in [3.63, 3.8) is 0 Å². The molecule has 84 valence electrons. The number of rotatable bonds is 3. The molecule has 0 spiro atoms. The molecule has 0 amide bonds. The zero-order valence-electron chi connectivity index (χ0n) is 8.40. The normalized spacial score (nSPS) is 10.7. The van der Waals surface area contributed by atoms with Crippen LogP contribution < -0.4 is 0 Å². The maximum absolute atomic E-state index is 8.91. The lowest BCUT2D eigenvalue weighted by atomic mass is 10.2. The lowest BCUT2D eigenvalue weighted by Crippen LogP contribution is -1.99. The predicted octanol–water partition coefficient (Wildman–Crippen LogP) is 2.73. The molecule has 0 atom stereocenters. The van der Waals surface area contributed by atoms with Crippen LogP contribution in [0.3, 0.4) is 0 Å². The van der Waals surface area contributed by atoms with Gasteiger partial charge in [0.1, 0.15) is 0 Å². The fourth-order valence-corrected chi connectivity index (χ4v) is 1.72. The van der Waals surface area contributed by atoms with Gasteiger partial charge in [0.2, 0.25) is 0 Å². The molecule has 5 heteroatoms. The predicted molar refractivity (Wildman–Crippen MR) is 63.7 cm³/mol. The van der Waals surface area contributed by atoms with Gasteiger partial charge in [-0.25, -0.2) is 0 Å². The first kappa shape index (κ1) is 11.5. The molecule has 0 saturated carbocycles.